The normalized spacial score (nSPS) is 19.7. The Hall–Kier alpha value is -2.03. The van der Waals surface area contributed by atoms with Gasteiger partial charge in [-0.15, -0.1) is 11.3 Å². The summed E-state index contributed by atoms with van der Waals surface area (Å²) in [5, 5.41) is 20.6. The lowest BCUT2D eigenvalue weighted by Gasteiger charge is -2.42. The van der Waals surface area contributed by atoms with Crippen LogP contribution in [-0.4, -0.2) is 58.0 Å². The van der Waals surface area contributed by atoms with Crippen molar-refractivity contribution >= 4 is 28.1 Å². The van der Waals surface area contributed by atoms with Gasteiger partial charge >= 0.3 is 0 Å². The van der Waals surface area contributed by atoms with Crippen molar-refractivity contribution in [1.29, 1.82) is 0 Å². The third-order valence-corrected chi connectivity index (χ3v) is 6.54. The maximum atomic E-state index is 9.76. The summed E-state index contributed by atoms with van der Waals surface area (Å²) < 4.78 is 5.00. The van der Waals surface area contributed by atoms with Crippen molar-refractivity contribution in [2.45, 2.75) is 25.9 Å². The molecule has 8 heteroatoms. The van der Waals surface area contributed by atoms with Crippen LogP contribution in [0.4, 0.5) is 5.69 Å². The number of rotatable bonds is 5. The molecule has 2 fully saturated rings. The van der Waals surface area contributed by atoms with Crippen LogP contribution in [0.2, 0.25) is 0 Å². The molecule has 4 heterocycles. The third kappa shape index (κ3) is 3.22. The van der Waals surface area contributed by atoms with Gasteiger partial charge in [-0.05, 0) is 55.3 Å². The topological polar surface area (TPSA) is 78.5 Å². The van der Waals surface area contributed by atoms with Gasteiger partial charge in [-0.25, -0.2) is 9.61 Å². The van der Waals surface area contributed by atoms with Crippen LogP contribution in [0.15, 0.2) is 22.1 Å². The molecule has 1 aromatic carbocycles. The van der Waals surface area contributed by atoms with E-state index in [0.29, 0.717) is 5.92 Å². The Balaban J connectivity index is 1.39. The summed E-state index contributed by atoms with van der Waals surface area (Å²) in [6.45, 7) is 7.51. The standard InChI is InChI=1S/C19H23N5O2S/c1-12(25)19-20-16(11-27-19)14-6-15-18(22-26-21-15)17(7-14)24-9-13(10-24)8-23-4-2-3-5-23/h6-7,11-13,25H,2-5,8-10H2,1H3. The van der Waals surface area contributed by atoms with E-state index in [1.165, 1.54) is 43.8 Å². The van der Waals surface area contributed by atoms with Gasteiger partial charge in [-0.2, -0.15) is 0 Å². The second-order valence-corrected chi connectivity index (χ2v) is 8.54. The zero-order valence-electron chi connectivity index (χ0n) is 15.3. The molecule has 2 aliphatic heterocycles. The molecule has 0 aliphatic carbocycles. The number of thiazole rings is 1. The van der Waals surface area contributed by atoms with Gasteiger partial charge in [0.05, 0.1) is 11.4 Å². The molecular weight excluding hydrogens is 362 g/mol. The van der Waals surface area contributed by atoms with Gasteiger partial charge in [0.15, 0.2) is 5.52 Å². The van der Waals surface area contributed by atoms with Gasteiger partial charge in [-0.3, -0.25) is 0 Å². The Bertz CT molecular complexity index is 941. The number of fused-ring (bicyclic) bond motifs is 1. The van der Waals surface area contributed by atoms with Crippen LogP contribution >= 0.6 is 11.3 Å². The number of hydrogen-bond donors (Lipinski definition) is 1. The van der Waals surface area contributed by atoms with Crippen molar-refractivity contribution < 1.29 is 9.74 Å². The molecule has 2 saturated heterocycles. The van der Waals surface area contributed by atoms with E-state index < -0.39 is 6.10 Å². The van der Waals surface area contributed by atoms with Crippen LogP contribution in [-0.2, 0) is 0 Å². The summed E-state index contributed by atoms with van der Waals surface area (Å²) in [4.78, 5) is 9.51. The zero-order valence-corrected chi connectivity index (χ0v) is 16.2. The molecule has 2 aliphatic rings. The van der Waals surface area contributed by atoms with Crippen LogP contribution in [0.25, 0.3) is 22.3 Å². The molecular formula is C19H23N5O2S. The van der Waals surface area contributed by atoms with Crippen LogP contribution in [0, 0.1) is 5.92 Å². The van der Waals surface area contributed by atoms with Crippen LogP contribution in [0.1, 0.15) is 30.9 Å². The van der Waals surface area contributed by atoms with Gasteiger partial charge in [0.25, 0.3) is 0 Å². The minimum atomic E-state index is -0.553. The van der Waals surface area contributed by atoms with Gasteiger partial charge in [-0.1, -0.05) is 0 Å². The lowest BCUT2D eigenvalue weighted by atomic mass is 9.97. The summed E-state index contributed by atoms with van der Waals surface area (Å²) in [7, 11) is 0. The molecule has 5 rings (SSSR count). The number of aromatic nitrogens is 3. The molecule has 0 radical (unpaired) electrons. The molecule has 0 spiro atoms. The molecule has 0 bridgehead atoms. The number of nitrogens with zero attached hydrogens (tertiary/aromatic N) is 5. The van der Waals surface area contributed by atoms with E-state index in [0.717, 1.165) is 46.1 Å². The Morgan fingerprint density at radius 2 is 2.07 bits per heavy atom. The maximum absolute atomic E-state index is 9.76. The van der Waals surface area contributed by atoms with Crippen LogP contribution in [0.3, 0.4) is 0 Å². The molecule has 2 aromatic heterocycles. The summed E-state index contributed by atoms with van der Waals surface area (Å²) in [5.74, 6) is 0.711. The number of likely N-dealkylation sites (tertiary alicyclic amines) is 1. The number of aliphatic hydroxyl groups excluding tert-OH is 1. The Labute approximate surface area is 161 Å². The highest BCUT2D eigenvalue weighted by atomic mass is 32.1. The monoisotopic (exact) mass is 385 g/mol. The number of aliphatic hydroxyl groups is 1. The second-order valence-electron chi connectivity index (χ2n) is 7.65. The average Bonchev–Trinajstić information content (AvgIpc) is 3.37. The van der Waals surface area contributed by atoms with E-state index in [-0.39, 0.29) is 0 Å². The van der Waals surface area contributed by atoms with Gasteiger partial charge in [0.1, 0.15) is 16.6 Å². The van der Waals surface area contributed by atoms with E-state index in [1.54, 1.807) is 6.92 Å². The summed E-state index contributed by atoms with van der Waals surface area (Å²) in [6, 6.07) is 4.08. The van der Waals surface area contributed by atoms with Crippen molar-refractivity contribution in [3.63, 3.8) is 0 Å². The average molecular weight is 385 g/mol. The van der Waals surface area contributed by atoms with E-state index >= 15 is 0 Å². The molecule has 7 nitrogen and oxygen atoms in total. The first-order valence-electron chi connectivity index (χ1n) is 9.55. The quantitative estimate of drug-likeness (QED) is 0.723. The van der Waals surface area contributed by atoms with Crippen molar-refractivity contribution in [1.82, 2.24) is 20.2 Å². The molecule has 142 valence electrons. The summed E-state index contributed by atoms with van der Waals surface area (Å²) in [6.07, 6.45) is 2.12. The fourth-order valence-electron chi connectivity index (χ4n) is 4.09. The van der Waals surface area contributed by atoms with E-state index in [4.69, 9.17) is 4.63 Å². The third-order valence-electron chi connectivity index (χ3n) is 5.53. The fourth-order valence-corrected chi connectivity index (χ4v) is 4.86. The molecule has 0 saturated carbocycles. The number of hydrogen-bond acceptors (Lipinski definition) is 8. The van der Waals surface area contributed by atoms with Gasteiger partial charge in [0, 0.05) is 36.5 Å². The zero-order chi connectivity index (χ0) is 18.4. The van der Waals surface area contributed by atoms with Crippen molar-refractivity contribution in [3.05, 3.63) is 22.5 Å². The van der Waals surface area contributed by atoms with Crippen molar-refractivity contribution in [3.8, 4) is 11.3 Å². The van der Waals surface area contributed by atoms with Crippen molar-refractivity contribution in [2.75, 3.05) is 37.6 Å². The largest absolute Gasteiger partial charge is 0.386 e. The highest BCUT2D eigenvalue weighted by Gasteiger charge is 2.31. The first-order valence-corrected chi connectivity index (χ1v) is 10.4. The second kappa shape index (κ2) is 6.85. The Morgan fingerprint density at radius 1 is 1.26 bits per heavy atom. The summed E-state index contributed by atoms with van der Waals surface area (Å²) >= 11 is 1.47. The highest BCUT2D eigenvalue weighted by molar-refractivity contribution is 7.10. The SMILES string of the molecule is CC(O)c1nc(-c2cc(N3CC(CN4CCCC4)C3)c3nonc3c2)cs1. The maximum Gasteiger partial charge on any atom is 0.158 e. The van der Waals surface area contributed by atoms with E-state index in [1.807, 2.05) is 11.4 Å². The lowest BCUT2D eigenvalue weighted by molar-refractivity contribution is 0.199. The van der Waals surface area contributed by atoms with E-state index in [9.17, 15) is 5.11 Å². The number of benzene rings is 1. The molecule has 3 aromatic rings. The molecule has 1 unspecified atom stereocenters. The first kappa shape index (κ1) is 17.1. The molecule has 1 atom stereocenters. The molecule has 27 heavy (non-hydrogen) atoms. The Morgan fingerprint density at radius 3 is 2.81 bits per heavy atom. The van der Waals surface area contributed by atoms with Crippen molar-refractivity contribution in [2.24, 2.45) is 5.92 Å². The highest BCUT2D eigenvalue weighted by Crippen LogP contribution is 2.36. The minimum absolute atomic E-state index is 0.553. The van der Waals surface area contributed by atoms with Crippen LogP contribution < -0.4 is 4.90 Å². The fraction of sp³-hybridized carbons (Fsp3) is 0.526. The predicted octanol–water partition coefficient (Wildman–Crippen LogP) is 2.93. The number of anilines is 1. The molecule has 0 amide bonds. The predicted molar refractivity (Wildman–Crippen MR) is 105 cm³/mol. The van der Waals surface area contributed by atoms with E-state index in [2.05, 4.69) is 31.2 Å². The lowest BCUT2D eigenvalue weighted by Crippen LogP contribution is -2.51. The summed E-state index contributed by atoms with van der Waals surface area (Å²) in [5.41, 5.74) is 4.46. The van der Waals surface area contributed by atoms with Gasteiger partial charge in [0.2, 0.25) is 0 Å². The molecule has 1 N–H and O–H groups in total. The van der Waals surface area contributed by atoms with Gasteiger partial charge < -0.3 is 14.9 Å². The Kier molecular flexibility index (Phi) is 4.34. The van der Waals surface area contributed by atoms with Crippen LogP contribution in [0.5, 0.6) is 0 Å². The first-order chi connectivity index (χ1) is 13.2. The minimum Gasteiger partial charge on any atom is -0.386 e. The smallest absolute Gasteiger partial charge is 0.158 e.